The molecule has 4 heterocycles. The van der Waals surface area contributed by atoms with Crippen LogP contribution >= 0.6 is 15.9 Å². The van der Waals surface area contributed by atoms with Crippen molar-refractivity contribution in [3.63, 3.8) is 0 Å². The summed E-state index contributed by atoms with van der Waals surface area (Å²) in [6, 6.07) is 5.44. The number of hydrogen-bond donors (Lipinski definition) is 1. The van der Waals surface area contributed by atoms with Crippen molar-refractivity contribution in [1.29, 1.82) is 0 Å². The zero-order valence-corrected chi connectivity index (χ0v) is 26.2. The minimum absolute atomic E-state index is 0.0346. The monoisotopic (exact) mass is 683 g/mol. The Hall–Kier alpha value is -2.21. The fourth-order valence-electron chi connectivity index (χ4n) is 4.79. The number of hydroxylamine groups is 1. The molecule has 0 bridgehead atoms. The van der Waals surface area contributed by atoms with E-state index >= 15 is 0 Å². The molecule has 0 saturated carbocycles. The number of amides is 2. The Balaban J connectivity index is 1.25. The summed E-state index contributed by atoms with van der Waals surface area (Å²) < 4.78 is 20.0. The number of ether oxygens (including phenoxy) is 2. The van der Waals surface area contributed by atoms with Crippen LogP contribution in [0.5, 0.6) is 0 Å². The van der Waals surface area contributed by atoms with Crippen molar-refractivity contribution in [2.75, 3.05) is 39.3 Å². The second-order valence-electron chi connectivity index (χ2n) is 11.1. The van der Waals surface area contributed by atoms with Crippen molar-refractivity contribution in [2.24, 2.45) is 0 Å². The number of benzene rings is 1. The summed E-state index contributed by atoms with van der Waals surface area (Å²) in [5, 5.41) is 1.72. The van der Waals surface area contributed by atoms with Crippen LogP contribution in [-0.4, -0.2) is 87.5 Å². The summed E-state index contributed by atoms with van der Waals surface area (Å²) in [5.41, 5.74) is 1.56. The summed E-state index contributed by atoms with van der Waals surface area (Å²) in [7, 11) is 0. The molecule has 2 saturated heterocycles. The number of carbonyl (C=O) groups excluding carboxylic acids is 2. The Morgan fingerprint density at radius 2 is 1.95 bits per heavy atom. The van der Waals surface area contributed by atoms with Crippen LogP contribution in [0.4, 0.5) is 4.79 Å². The molecule has 2 amide bonds. The van der Waals surface area contributed by atoms with Gasteiger partial charge in [-0.3, -0.25) is 0 Å². The van der Waals surface area contributed by atoms with E-state index in [0.717, 1.165) is 53.0 Å². The van der Waals surface area contributed by atoms with E-state index < -0.39 is 23.4 Å². The van der Waals surface area contributed by atoms with E-state index in [4.69, 9.17) is 18.7 Å². The van der Waals surface area contributed by atoms with Crippen LogP contribution in [0.3, 0.4) is 0 Å². The van der Waals surface area contributed by atoms with Crippen LogP contribution in [0.15, 0.2) is 31.9 Å². The molecule has 1 aromatic carbocycles. The van der Waals surface area contributed by atoms with Gasteiger partial charge in [0.05, 0.1) is 0 Å². The molecule has 2 aliphatic rings. The summed E-state index contributed by atoms with van der Waals surface area (Å²) >= 11 is 3.75. The van der Waals surface area contributed by atoms with Gasteiger partial charge < -0.3 is 0 Å². The quantitative estimate of drug-likeness (QED) is 0.236. The van der Waals surface area contributed by atoms with Gasteiger partial charge in [-0.2, -0.15) is 0 Å². The summed E-state index contributed by atoms with van der Waals surface area (Å²) in [6.07, 6.45) is 2.72. The average molecular weight is 683 g/mol. The van der Waals surface area contributed by atoms with Crippen molar-refractivity contribution in [3.05, 3.63) is 43.1 Å². The number of carbonyl (C=O) groups is 2. The van der Waals surface area contributed by atoms with Gasteiger partial charge in [0, 0.05) is 0 Å². The van der Waals surface area contributed by atoms with Crippen molar-refractivity contribution in [2.45, 2.75) is 58.3 Å². The van der Waals surface area contributed by atoms with Gasteiger partial charge >= 0.3 is 247 Å². The van der Waals surface area contributed by atoms with Gasteiger partial charge in [0.2, 0.25) is 0 Å². The van der Waals surface area contributed by atoms with Gasteiger partial charge in [0.1, 0.15) is 0 Å². The number of piperazine rings is 1. The first-order valence-corrected chi connectivity index (χ1v) is 16.1. The number of rotatable bonds is 6. The van der Waals surface area contributed by atoms with Gasteiger partial charge in [-0.05, 0) is 0 Å². The van der Waals surface area contributed by atoms with Gasteiger partial charge in [-0.1, -0.05) is 0 Å². The topological polar surface area (TPSA) is 111 Å². The third-order valence-corrected chi connectivity index (χ3v) is 11.1. The predicted molar refractivity (Wildman–Crippen MR) is 155 cm³/mol. The Labute approximate surface area is 246 Å². The van der Waals surface area contributed by atoms with E-state index in [1.54, 1.807) is 11.0 Å². The SMILES string of the molecule is CC(C)(C)OC(=O)N1CCN(CCc2[se]c3c(ccc4cc(C(=O)NO[C@H]5CCCCO5)c(=O)oc43)c2Br)CC1. The second-order valence-corrected chi connectivity index (χ2v) is 14.2. The first-order chi connectivity index (χ1) is 19.1. The second kappa shape index (κ2) is 12.3. The van der Waals surface area contributed by atoms with E-state index in [1.165, 1.54) is 4.44 Å². The molecule has 12 heteroatoms. The van der Waals surface area contributed by atoms with E-state index in [2.05, 4.69) is 26.3 Å². The van der Waals surface area contributed by atoms with Crippen LogP contribution < -0.4 is 11.1 Å². The van der Waals surface area contributed by atoms with Gasteiger partial charge in [-0.15, -0.1) is 0 Å². The van der Waals surface area contributed by atoms with E-state index in [0.29, 0.717) is 37.1 Å². The number of nitrogens with zero attached hydrogens (tertiary/aromatic N) is 2. The molecule has 0 unspecified atom stereocenters. The standard InChI is InChI=1S/C28H34BrN3O7Se/c1-28(2,3)38-27(35)32-13-11-31(12-14-32)10-9-20-22(29)18-8-7-17-16-19(26(34)37-23(17)24(18)40-20)25(33)30-39-21-6-4-5-15-36-21/h7-8,16,21H,4-6,9-15H2,1-3H3,(H,30,33)/t21-/m0/s1. The zero-order chi connectivity index (χ0) is 28.4. The molecule has 10 nitrogen and oxygen atoms in total. The maximum absolute atomic E-state index is 12.8. The number of hydrogen-bond acceptors (Lipinski definition) is 8. The Morgan fingerprint density at radius 1 is 1.18 bits per heavy atom. The summed E-state index contributed by atoms with van der Waals surface area (Å²) in [4.78, 5) is 47.3. The number of fused-ring (bicyclic) bond motifs is 3. The number of halogens is 1. The first kappa shape index (κ1) is 29.3. The maximum atomic E-state index is 12.8. The van der Waals surface area contributed by atoms with Crippen molar-refractivity contribution >= 4 is 63.0 Å². The zero-order valence-electron chi connectivity index (χ0n) is 22.9. The van der Waals surface area contributed by atoms with E-state index in [9.17, 15) is 14.4 Å². The number of nitrogens with one attached hydrogen (secondary N) is 1. The molecule has 0 radical (unpaired) electrons. The van der Waals surface area contributed by atoms with Gasteiger partial charge in [0.25, 0.3) is 0 Å². The normalized spacial score (nSPS) is 18.8. The van der Waals surface area contributed by atoms with Crippen LogP contribution in [0.2, 0.25) is 0 Å². The molecular weight excluding hydrogens is 649 g/mol. The van der Waals surface area contributed by atoms with Crippen LogP contribution in [0, 0.1) is 0 Å². The molecule has 3 aromatic rings. The third kappa shape index (κ3) is 6.80. The fourth-order valence-corrected chi connectivity index (χ4v) is 8.49. The molecule has 2 fully saturated rings. The summed E-state index contributed by atoms with van der Waals surface area (Å²) in [5.74, 6) is -0.650. The average Bonchev–Trinajstić information content (AvgIpc) is 3.25. The van der Waals surface area contributed by atoms with Gasteiger partial charge in [0.15, 0.2) is 0 Å². The molecule has 0 spiro atoms. The molecule has 216 valence electrons. The predicted octanol–water partition coefficient (Wildman–Crippen LogP) is 4.05. The van der Waals surface area contributed by atoms with Crippen molar-refractivity contribution < 1.29 is 28.3 Å². The molecule has 1 atom stereocenters. The van der Waals surface area contributed by atoms with Crippen molar-refractivity contribution in [3.8, 4) is 0 Å². The van der Waals surface area contributed by atoms with Crippen LogP contribution in [-0.2, 0) is 20.7 Å². The Bertz CT molecular complexity index is 1450. The molecule has 2 aromatic heterocycles. The Kier molecular flexibility index (Phi) is 9.04. The Morgan fingerprint density at radius 3 is 2.65 bits per heavy atom. The third-order valence-electron chi connectivity index (χ3n) is 6.91. The molecule has 5 rings (SSSR count). The molecule has 1 N–H and O–H groups in total. The van der Waals surface area contributed by atoms with Gasteiger partial charge in [-0.25, -0.2) is 0 Å². The minimum atomic E-state index is -0.699. The van der Waals surface area contributed by atoms with E-state index in [1.807, 2.05) is 32.9 Å². The van der Waals surface area contributed by atoms with Crippen LogP contribution in [0.25, 0.3) is 20.6 Å². The molecule has 0 aliphatic carbocycles. The fraction of sp³-hybridized carbons (Fsp3) is 0.536. The molecule has 2 aliphatic heterocycles. The van der Waals surface area contributed by atoms with Crippen molar-refractivity contribution in [1.82, 2.24) is 15.3 Å². The molecular formula is C28H34BrN3O7Se. The molecule has 40 heavy (non-hydrogen) atoms. The first-order valence-electron chi connectivity index (χ1n) is 13.5. The van der Waals surface area contributed by atoms with E-state index in [-0.39, 0.29) is 26.2 Å². The van der Waals surface area contributed by atoms with Crippen LogP contribution in [0.1, 0.15) is 54.8 Å². The summed E-state index contributed by atoms with van der Waals surface area (Å²) in [6.45, 7) is 9.97.